The largest absolute Gasteiger partial charge is 0.312 e. The molecule has 0 fully saturated rings. The van der Waals surface area contributed by atoms with Crippen LogP contribution in [0, 0.1) is 12.8 Å². The molecule has 13 heavy (non-hydrogen) atoms. The van der Waals surface area contributed by atoms with Crippen LogP contribution in [0.1, 0.15) is 30.3 Å². The molecule has 1 unspecified atom stereocenters. The fourth-order valence-corrected chi connectivity index (χ4v) is 3.30. The Morgan fingerprint density at radius 3 is 2.38 bits per heavy atom. The fraction of sp³-hybridized carbons (Fsp3) is 0.600. The van der Waals surface area contributed by atoms with Gasteiger partial charge in [0.05, 0.1) is 3.79 Å². The van der Waals surface area contributed by atoms with E-state index in [2.05, 4.69) is 48.1 Å². The first kappa shape index (κ1) is 11.2. The van der Waals surface area contributed by atoms with Crippen LogP contribution in [0.5, 0.6) is 0 Å². The molecule has 0 radical (unpaired) electrons. The number of rotatable bonds is 3. The monoisotopic (exact) mass is 261 g/mol. The first-order chi connectivity index (χ1) is 6.06. The number of nitrogens with one attached hydrogen (secondary N) is 1. The zero-order valence-corrected chi connectivity index (χ0v) is 10.9. The number of aryl methyl sites for hydroxylation is 1. The summed E-state index contributed by atoms with van der Waals surface area (Å²) in [5, 5.41) is 3.35. The molecular formula is C10H16BrNS. The Kier molecular flexibility index (Phi) is 3.95. The second kappa shape index (κ2) is 4.58. The van der Waals surface area contributed by atoms with Crippen molar-refractivity contribution < 1.29 is 0 Å². The van der Waals surface area contributed by atoms with Crippen molar-refractivity contribution in [2.75, 3.05) is 7.05 Å². The van der Waals surface area contributed by atoms with Crippen molar-refractivity contribution in [3.63, 3.8) is 0 Å². The van der Waals surface area contributed by atoms with Crippen molar-refractivity contribution in [2.24, 2.45) is 5.92 Å². The van der Waals surface area contributed by atoms with Crippen LogP contribution in [0.15, 0.2) is 9.85 Å². The van der Waals surface area contributed by atoms with Gasteiger partial charge in [0.25, 0.3) is 0 Å². The number of thiophene rings is 1. The second-order valence-electron chi connectivity index (χ2n) is 3.62. The van der Waals surface area contributed by atoms with Crippen molar-refractivity contribution >= 4 is 27.3 Å². The minimum absolute atomic E-state index is 0.481. The fourth-order valence-electron chi connectivity index (χ4n) is 1.44. The Morgan fingerprint density at radius 1 is 1.46 bits per heavy atom. The van der Waals surface area contributed by atoms with E-state index in [0.29, 0.717) is 12.0 Å². The Morgan fingerprint density at radius 2 is 2.08 bits per heavy atom. The van der Waals surface area contributed by atoms with Crippen LogP contribution in [0.3, 0.4) is 0 Å². The third kappa shape index (κ3) is 2.55. The van der Waals surface area contributed by atoms with E-state index in [9.17, 15) is 0 Å². The maximum absolute atomic E-state index is 3.55. The van der Waals surface area contributed by atoms with Crippen LogP contribution in [0.4, 0.5) is 0 Å². The van der Waals surface area contributed by atoms with E-state index >= 15 is 0 Å². The Bertz CT molecular complexity index is 261. The summed E-state index contributed by atoms with van der Waals surface area (Å²) in [4.78, 5) is 1.42. The molecule has 1 N–H and O–H groups in total. The highest BCUT2D eigenvalue weighted by Gasteiger charge is 2.16. The molecule has 1 rings (SSSR count). The SMILES string of the molecule is CNC(c1cc(C)c(Br)s1)C(C)C. The predicted octanol–water partition coefficient (Wildman–Crippen LogP) is 3.74. The average Bonchev–Trinajstić information content (AvgIpc) is 2.32. The highest BCUT2D eigenvalue weighted by Crippen LogP contribution is 2.33. The average molecular weight is 262 g/mol. The molecule has 1 atom stereocenters. The van der Waals surface area contributed by atoms with Crippen LogP contribution in [-0.2, 0) is 0 Å². The second-order valence-corrected chi connectivity index (χ2v) is 6.02. The lowest BCUT2D eigenvalue weighted by Gasteiger charge is -2.18. The summed E-state index contributed by atoms with van der Waals surface area (Å²) < 4.78 is 1.25. The molecule has 1 nitrogen and oxygen atoms in total. The normalized spacial score (nSPS) is 13.7. The van der Waals surface area contributed by atoms with Crippen LogP contribution in [0.2, 0.25) is 0 Å². The van der Waals surface area contributed by atoms with E-state index in [0.717, 1.165) is 0 Å². The van der Waals surface area contributed by atoms with Crippen molar-refractivity contribution in [3.05, 3.63) is 20.3 Å². The molecule has 0 bridgehead atoms. The molecular weight excluding hydrogens is 246 g/mol. The van der Waals surface area contributed by atoms with Crippen LogP contribution < -0.4 is 5.32 Å². The van der Waals surface area contributed by atoms with Crippen molar-refractivity contribution in [1.29, 1.82) is 0 Å². The van der Waals surface area contributed by atoms with E-state index in [-0.39, 0.29) is 0 Å². The summed E-state index contributed by atoms with van der Waals surface area (Å²) >= 11 is 5.38. The van der Waals surface area contributed by atoms with Gasteiger partial charge in [-0.25, -0.2) is 0 Å². The number of hydrogen-bond acceptors (Lipinski definition) is 2. The molecule has 1 aromatic rings. The molecule has 0 aliphatic rings. The quantitative estimate of drug-likeness (QED) is 0.875. The minimum Gasteiger partial charge on any atom is -0.312 e. The first-order valence-electron chi connectivity index (χ1n) is 4.49. The lowest BCUT2D eigenvalue weighted by Crippen LogP contribution is -2.20. The molecule has 1 aromatic heterocycles. The molecule has 0 spiro atoms. The lowest BCUT2D eigenvalue weighted by molar-refractivity contribution is 0.449. The van der Waals surface area contributed by atoms with E-state index in [4.69, 9.17) is 0 Å². The van der Waals surface area contributed by atoms with Gasteiger partial charge in [-0.1, -0.05) is 13.8 Å². The molecule has 0 amide bonds. The standard InChI is InChI=1S/C10H16BrNS/c1-6(2)9(12-4)8-5-7(3)10(11)13-8/h5-6,9,12H,1-4H3. The maximum Gasteiger partial charge on any atom is 0.0731 e. The molecule has 0 aromatic carbocycles. The highest BCUT2D eigenvalue weighted by molar-refractivity contribution is 9.11. The smallest absolute Gasteiger partial charge is 0.0731 e. The van der Waals surface area contributed by atoms with Crippen molar-refractivity contribution in [2.45, 2.75) is 26.8 Å². The van der Waals surface area contributed by atoms with Gasteiger partial charge < -0.3 is 5.32 Å². The van der Waals surface area contributed by atoms with Crippen LogP contribution >= 0.6 is 27.3 Å². The van der Waals surface area contributed by atoms with E-state index in [1.165, 1.54) is 14.2 Å². The third-order valence-electron chi connectivity index (χ3n) is 2.16. The summed E-state index contributed by atoms with van der Waals surface area (Å²) in [6.07, 6.45) is 0. The summed E-state index contributed by atoms with van der Waals surface area (Å²) in [5.74, 6) is 0.634. The summed E-state index contributed by atoms with van der Waals surface area (Å²) in [6, 6.07) is 2.74. The van der Waals surface area contributed by atoms with Crippen LogP contribution in [-0.4, -0.2) is 7.05 Å². The van der Waals surface area contributed by atoms with Crippen LogP contribution in [0.25, 0.3) is 0 Å². The molecule has 1 heterocycles. The Balaban J connectivity index is 2.92. The maximum atomic E-state index is 3.55. The van der Waals surface area contributed by atoms with Gasteiger partial charge >= 0.3 is 0 Å². The molecule has 0 saturated heterocycles. The molecule has 74 valence electrons. The van der Waals surface area contributed by atoms with Gasteiger partial charge in [-0.2, -0.15) is 0 Å². The zero-order chi connectivity index (χ0) is 10.0. The van der Waals surface area contributed by atoms with Crippen molar-refractivity contribution in [1.82, 2.24) is 5.32 Å². The van der Waals surface area contributed by atoms with E-state index in [1.807, 2.05) is 18.4 Å². The van der Waals surface area contributed by atoms with E-state index in [1.54, 1.807) is 0 Å². The molecule has 0 aliphatic heterocycles. The Labute approximate surface area is 92.7 Å². The van der Waals surface area contributed by atoms with E-state index < -0.39 is 0 Å². The van der Waals surface area contributed by atoms with Gasteiger partial charge in [0.2, 0.25) is 0 Å². The topological polar surface area (TPSA) is 12.0 Å². The van der Waals surface area contributed by atoms with Gasteiger partial charge in [0.1, 0.15) is 0 Å². The molecule has 0 aliphatic carbocycles. The van der Waals surface area contributed by atoms with Gasteiger partial charge in [0.15, 0.2) is 0 Å². The highest BCUT2D eigenvalue weighted by atomic mass is 79.9. The Hall–Kier alpha value is 0.140. The summed E-state index contributed by atoms with van der Waals surface area (Å²) in [5.41, 5.74) is 1.33. The molecule has 3 heteroatoms. The lowest BCUT2D eigenvalue weighted by atomic mass is 10.0. The summed E-state index contributed by atoms with van der Waals surface area (Å²) in [7, 11) is 2.02. The van der Waals surface area contributed by atoms with Gasteiger partial charge in [-0.15, -0.1) is 11.3 Å². The van der Waals surface area contributed by atoms with Gasteiger partial charge in [-0.05, 0) is 47.4 Å². The number of hydrogen-bond donors (Lipinski definition) is 1. The minimum atomic E-state index is 0.481. The summed E-state index contributed by atoms with van der Waals surface area (Å²) in [6.45, 7) is 6.62. The zero-order valence-electron chi connectivity index (χ0n) is 8.52. The van der Waals surface area contributed by atoms with Crippen molar-refractivity contribution in [3.8, 4) is 0 Å². The first-order valence-corrected chi connectivity index (χ1v) is 6.10. The third-order valence-corrected chi connectivity index (χ3v) is 4.38. The number of halogens is 1. The van der Waals surface area contributed by atoms with Gasteiger partial charge in [-0.3, -0.25) is 0 Å². The van der Waals surface area contributed by atoms with Gasteiger partial charge in [0, 0.05) is 10.9 Å². The molecule has 0 saturated carbocycles. The predicted molar refractivity (Wildman–Crippen MR) is 63.4 cm³/mol.